The quantitative estimate of drug-likeness (QED) is 0.827. The molecule has 2 rings (SSSR count). The smallest absolute Gasteiger partial charge is 0.328 e. The van der Waals surface area contributed by atoms with E-state index in [1.165, 1.54) is 12.1 Å². The van der Waals surface area contributed by atoms with E-state index in [-0.39, 0.29) is 18.7 Å². The summed E-state index contributed by atoms with van der Waals surface area (Å²) in [7, 11) is 0. The molecule has 1 aliphatic heterocycles. The number of halogens is 2. The number of carbonyl (C=O) groups excluding carboxylic acids is 2. The number of amides is 2. The van der Waals surface area contributed by atoms with Gasteiger partial charge in [-0.2, -0.15) is 0 Å². The molecule has 1 unspecified atom stereocenters. The van der Waals surface area contributed by atoms with E-state index < -0.39 is 23.8 Å². The van der Waals surface area contributed by atoms with E-state index in [2.05, 4.69) is 21.2 Å². The van der Waals surface area contributed by atoms with Crippen LogP contribution < -0.4 is 5.32 Å². The first-order chi connectivity index (χ1) is 9.38. The molecule has 2 N–H and O–H groups in total. The number of hydrogen-bond donors (Lipinski definition) is 2. The third-order valence-electron chi connectivity index (χ3n) is 2.84. The van der Waals surface area contributed by atoms with E-state index in [4.69, 9.17) is 16.7 Å². The van der Waals surface area contributed by atoms with E-state index in [0.29, 0.717) is 9.50 Å². The van der Waals surface area contributed by atoms with E-state index in [1.54, 1.807) is 6.07 Å². The standard InChI is InChI=1S/C12H10BrClN2O4/c13-7-1-6(2-8(14)3-7)11(18)16-5-10(17)15-4-9(16)12(19)20/h1-3,9H,4-5H2,(H,15,17)(H,19,20). The predicted molar refractivity (Wildman–Crippen MR) is 74.6 cm³/mol. The fourth-order valence-corrected chi connectivity index (χ4v) is 2.78. The van der Waals surface area contributed by atoms with Crippen LogP contribution in [0.4, 0.5) is 0 Å². The number of rotatable bonds is 2. The van der Waals surface area contributed by atoms with Crippen molar-refractivity contribution >= 4 is 45.3 Å². The topological polar surface area (TPSA) is 86.7 Å². The van der Waals surface area contributed by atoms with Crippen molar-refractivity contribution in [1.82, 2.24) is 10.2 Å². The van der Waals surface area contributed by atoms with Crippen LogP contribution >= 0.6 is 27.5 Å². The van der Waals surface area contributed by atoms with Crippen LogP contribution in [0.1, 0.15) is 10.4 Å². The maximum Gasteiger partial charge on any atom is 0.328 e. The van der Waals surface area contributed by atoms with Gasteiger partial charge >= 0.3 is 5.97 Å². The van der Waals surface area contributed by atoms with Gasteiger partial charge in [0, 0.05) is 21.6 Å². The Morgan fingerprint density at radius 3 is 2.70 bits per heavy atom. The molecule has 1 atom stereocenters. The maximum atomic E-state index is 12.4. The number of nitrogens with one attached hydrogen (secondary N) is 1. The molecule has 106 valence electrons. The van der Waals surface area contributed by atoms with E-state index in [1.807, 2.05) is 0 Å². The van der Waals surface area contributed by atoms with Crippen molar-refractivity contribution < 1.29 is 19.5 Å². The Morgan fingerprint density at radius 1 is 1.40 bits per heavy atom. The van der Waals surface area contributed by atoms with Gasteiger partial charge < -0.3 is 15.3 Å². The lowest BCUT2D eigenvalue weighted by Gasteiger charge is -2.32. The highest BCUT2D eigenvalue weighted by molar-refractivity contribution is 9.10. The molecule has 1 aromatic rings. The molecular weight excluding hydrogens is 351 g/mol. The second-order valence-corrected chi connectivity index (χ2v) is 5.60. The number of carbonyl (C=O) groups is 3. The van der Waals surface area contributed by atoms with E-state index in [9.17, 15) is 14.4 Å². The first kappa shape index (κ1) is 14.8. The van der Waals surface area contributed by atoms with Crippen LogP contribution in [0.25, 0.3) is 0 Å². The number of carboxylic acids is 1. The van der Waals surface area contributed by atoms with Crippen LogP contribution in [-0.4, -0.2) is 46.9 Å². The zero-order chi connectivity index (χ0) is 14.9. The highest BCUT2D eigenvalue weighted by Gasteiger charge is 2.35. The van der Waals surface area contributed by atoms with Gasteiger partial charge in [-0.05, 0) is 18.2 Å². The Balaban J connectivity index is 2.33. The van der Waals surface area contributed by atoms with Crippen molar-refractivity contribution in [1.29, 1.82) is 0 Å². The zero-order valence-corrected chi connectivity index (χ0v) is 12.4. The van der Waals surface area contributed by atoms with Gasteiger partial charge in [0.2, 0.25) is 5.91 Å². The summed E-state index contributed by atoms with van der Waals surface area (Å²) < 4.78 is 0.599. The Bertz CT molecular complexity index is 573. The molecule has 0 aliphatic carbocycles. The van der Waals surface area contributed by atoms with Gasteiger partial charge in [-0.3, -0.25) is 9.59 Å². The first-order valence-electron chi connectivity index (χ1n) is 5.65. The third kappa shape index (κ3) is 3.10. The molecule has 8 heteroatoms. The Labute approximate surface area is 127 Å². The fraction of sp³-hybridized carbons (Fsp3) is 0.250. The minimum Gasteiger partial charge on any atom is -0.480 e. The van der Waals surface area contributed by atoms with Gasteiger partial charge in [-0.1, -0.05) is 27.5 Å². The summed E-state index contributed by atoms with van der Waals surface area (Å²) in [6, 6.07) is 3.48. The van der Waals surface area contributed by atoms with Crippen LogP contribution in [0.15, 0.2) is 22.7 Å². The molecule has 0 radical (unpaired) electrons. The van der Waals surface area contributed by atoms with Gasteiger partial charge in [0.25, 0.3) is 5.91 Å². The molecule has 2 amide bonds. The summed E-state index contributed by atoms with van der Waals surface area (Å²) >= 11 is 9.07. The average molecular weight is 362 g/mol. The van der Waals surface area contributed by atoms with Gasteiger partial charge in [0.15, 0.2) is 0 Å². The van der Waals surface area contributed by atoms with Crippen molar-refractivity contribution in [3.05, 3.63) is 33.3 Å². The van der Waals surface area contributed by atoms with Crippen LogP contribution in [0.5, 0.6) is 0 Å². The lowest BCUT2D eigenvalue weighted by molar-refractivity contribution is -0.144. The third-order valence-corrected chi connectivity index (χ3v) is 3.51. The summed E-state index contributed by atoms with van der Waals surface area (Å²) in [5, 5.41) is 11.9. The normalized spacial score (nSPS) is 18.6. The number of hydrogen-bond acceptors (Lipinski definition) is 3. The molecule has 1 fully saturated rings. The summed E-state index contributed by atoms with van der Waals surface area (Å²) in [6.07, 6.45) is 0. The monoisotopic (exact) mass is 360 g/mol. The molecule has 20 heavy (non-hydrogen) atoms. The molecule has 0 saturated carbocycles. The van der Waals surface area contributed by atoms with Crippen LogP contribution in [0.3, 0.4) is 0 Å². The van der Waals surface area contributed by atoms with Crippen LogP contribution in [0, 0.1) is 0 Å². The highest BCUT2D eigenvalue weighted by atomic mass is 79.9. The van der Waals surface area contributed by atoms with Gasteiger partial charge in [-0.15, -0.1) is 0 Å². The van der Waals surface area contributed by atoms with Gasteiger partial charge in [0.05, 0.1) is 0 Å². The summed E-state index contributed by atoms with van der Waals surface area (Å²) in [4.78, 5) is 35.9. The number of piperazine rings is 1. The van der Waals surface area contributed by atoms with Crippen molar-refractivity contribution in [3.63, 3.8) is 0 Å². The molecule has 1 heterocycles. The Morgan fingerprint density at radius 2 is 2.10 bits per heavy atom. The molecular formula is C12H10BrClN2O4. The molecule has 0 aromatic heterocycles. The minimum absolute atomic E-state index is 0.109. The fourth-order valence-electron chi connectivity index (χ4n) is 1.92. The number of carboxylic acid groups (broad SMARTS) is 1. The van der Waals surface area contributed by atoms with Gasteiger partial charge in [-0.25, -0.2) is 4.79 Å². The summed E-state index contributed by atoms with van der Waals surface area (Å²) in [5.74, 6) is -2.10. The van der Waals surface area contributed by atoms with Crippen LogP contribution in [-0.2, 0) is 9.59 Å². The summed E-state index contributed by atoms with van der Waals surface area (Å²) in [6.45, 7) is -0.401. The number of benzene rings is 1. The molecule has 1 saturated heterocycles. The van der Waals surface area contributed by atoms with Crippen LogP contribution in [0.2, 0.25) is 5.02 Å². The van der Waals surface area contributed by atoms with E-state index in [0.717, 1.165) is 4.90 Å². The molecule has 0 bridgehead atoms. The lowest BCUT2D eigenvalue weighted by Crippen LogP contribution is -2.59. The second-order valence-electron chi connectivity index (χ2n) is 4.25. The molecule has 6 nitrogen and oxygen atoms in total. The second kappa shape index (κ2) is 5.80. The largest absolute Gasteiger partial charge is 0.480 e. The highest BCUT2D eigenvalue weighted by Crippen LogP contribution is 2.21. The number of aliphatic carboxylic acids is 1. The van der Waals surface area contributed by atoms with Crippen molar-refractivity contribution in [2.75, 3.05) is 13.1 Å². The maximum absolute atomic E-state index is 12.4. The Hall–Kier alpha value is -1.60. The molecule has 0 spiro atoms. The molecule has 1 aromatic carbocycles. The van der Waals surface area contributed by atoms with Gasteiger partial charge in [0.1, 0.15) is 12.6 Å². The number of nitrogens with zero attached hydrogens (tertiary/aromatic N) is 1. The average Bonchev–Trinajstić information content (AvgIpc) is 2.36. The Kier molecular flexibility index (Phi) is 4.29. The first-order valence-corrected chi connectivity index (χ1v) is 6.82. The summed E-state index contributed by atoms with van der Waals surface area (Å²) in [5.41, 5.74) is 0.227. The molecule has 1 aliphatic rings. The lowest BCUT2D eigenvalue weighted by atomic mass is 10.1. The SMILES string of the molecule is O=C1CN(C(=O)c2cc(Cl)cc(Br)c2)C(C(=O)O)CN1. The predicted octanol–water partition coefficient (Wildman–Crippen LogP) is 1.13. The van der Waals surface area contributed by atoms with Crippen molar-refractivity contribution in [2.45, 2.75) is 6.04 Å². The zero-order valence-electron chi connectivity index (χ0n) is 10.1. The minimum atomic E-state index is -1.17. The van der Waals surface area contributed by atoms with Crippen molar-refractivity contribution in [2.24, 2.45) is 0 Å². The van der Waals surface area contributed by atoms with Crippen molar-refractivity contribution in [3.8, 4) is 0 Å². The van der Waals surface area contributed by atoms with E-state index >= 15 is 0 Å².